The number of anilines is 1. The van der Waals surface area contributed by atoms with E-state index in [9.17, 15) is 9.59 Å². The second kappa shape index (κ2) is 5.59. The highest BCUT2D eigenvalue weighted by atomic mass is 79.9. The van der Waals surface area contributed by atoms with E-state index in [0.717, 1.165) is 16.3 Å². The maximum atomic E-state index is 11.9. The number of carbonyl (C=O) groups is 1. The first-order valence-electron chi connectivity index (χ1n) is 5.33. The molecule has 0 spiro atoms. The van der Waals surface area contributed by atoms with E-state index >= 15 is 0 Å². The average Bonchev–Trinajstić information content (AvgIpc) is 2.36. The van der Waals surface area contributed by atoms with E-state index in [-0.39, 0.29) is 11.5 Å². The summed E-state index contributed by atoms with van der Waals surface area (Å²) in [5, 5.41) is 3.24. The van der Waals surface area contributed by atoms with Crippen LogP contribution in [0.25, 0.3) is 0 Å². The van der Waals surface area contributed by atoms with Crippen molar-refractivity contribution in [2.24, 2.45) is 0 Å². The van der Waals surface area contributed by atoms with Gasteiger partial charge in [0.05, 0.1) is 11.3 Å². The summed E-state index contributed by atoms with van der Waals surface area (Å²) < 4.78 is 5.36. The highest BCUT2D eigenvalue weighted by molar-refractivity contribution is 9.10. The van der Waals surface area contributed by atoms with Crippen molar-refractivity contribution in [1.29, 1.82) is 0 Å². The second-order valence-corrected chi connectivity index (χ2v) is 5.14. The molecule has 19 heavy (non-hydrogen) atoms. The number of aryl methyl sites for hydroxylation is 1. The highest BCUT2D eigenvalue weighted by Crippen LogP contribution is 2.29. The number of hydrogen-bond donors (Lipinski definition) is 1. The van der Waals surface area contributed by atoms with Gasteiger partial charge in [-0.25, -0.2) is 4.79 Å². The third kappa shape index (κ3) is 3.24. The Hall–Kier alpha value is -1.59. The molecule has 1 N–H and O–H groups in total. The molecule has 0 atom stereocenters. The third-order valence-corrected chi connectivity index (χ3v) is 3.52. The van der Waals surface area contributed by atoms with Gasteiger partial charge in [0, 0.05) is 15.6 Å². The smallest absolute Gasteiger partial charge is 0.335 e. The Balaban J connectivity index is 2.26. The summed E-state index contributed by atoms with van der Waals surface area (Å²) in [4.78, 5) is 22.8. The zero-order valence-electron chi connectivity index (χ0n) is 9.87. The molecule has 2 aromatic rings. The molecule has 0 bridgehead atoms. The Morgan fingerprint density at radius 2 is 2.11 bits per heavy atom. The quantitative estimate of drug-likeness (QED) is 0.907. The Morgan fingerprint density at radius 1 is 1.37 bits per heavy atom. The fraction of sp³-hybridized carbons (Fsp3) is 0.0769. The fourth-order valence-corrected chi connectivity index (χ4v) is 2.14. The third-order valence-electron chi connectivity index (χ3n) is 2.46. The lowest BCUT2D eigenvalue weighted by atomic mass is 10.2. The van der Waals surface area contributed by atoms with Crippen molar-refractivity contribution in [3.05, 3.63) is 61.6 Å². The van der Waals surface area contributed by atoms with Crippen molar-refractivity contribution in [3.8, 4) is 0 Å². The first-order chi connectivity index (χ1) is 8.97. The van der Waals surface area contributed by atoms with Crippen LogP contribution >= 0.6 is 27.5 Å². The number of hydrogen-bond acceptors (Lipinski definition) is 3. The minimum absolute atomic E-state index is 0.253. The van der Waals surface area contributed by atoms with Gasteiger partial charge in [0.15, 0.2) is 0 Å². The molecule has 6 heteroatoms. The lowest BCUT2D eigenvalue weighted by Crippen LogP contribution is -2.13. The molecule has 0 aliphatic heterocycles. The van der Waals surface area contributed by atoms with E-state index in [0.29, 0.717) is 10.7 Å². The van der Waals surface area contributed by atoms with Gasteiger partial charge >= 0.3 is 5.63 Å². The lowest BCUT2D eigenvalue weighted by molar-refractivity contribution is 0.102. The van der Waals surface area contributed by atoms with Crippen LogP contribution in [0.4, 0.5) is 5.69 Å². The van der Waals surface area contributed by atoms with Gasteiger partial charge in [0.1, 0.15) is 6.26 Å². The molecule has 0 unspecified atom stereocenters. The number of rotatable bonds is 2. The van der Waals surface area contributed by atoms with Gasteiger partial charge in [-0.05, 0) is 46.6 Å². The second-order valence-electron chi connectivity index (χ2n) is 3.88. The van der Waals surface area contributed by atoms with Crippen LogP contribution in [-0.4, -0.2) is 5.91 Å². The van der Waals surface area contributed by atoms with Gasteiger partial charge in [-0.1, -0.05) is 11.6 Å². The van der Waals surface area contributed by atoms with Crippen LogP contribution in [-0.2, 0) is 0 Å². The van der Waals surface area contributed by atoms with Crippen LogP contribution in [0.3, 0.4) is 0 Å². The molecule has 0 aliphatic rings. The van der Waals surface area contributed by atoms with Crippen LogP contribution in [0.5, 0.6) is 0 Å². The topological polar surface area (TPSA) is 59.3 Å². The monoisotopic (exact) mass is 341 g/mol. The highest BCUT2D eigenvalue weighted by Gasteiger charge is 2.10. The van der Waals surface area contributed by atoms with Crippen molar-refractivity contribution < 1.29 is 9.21 Å². The predicted octanol–water partition coefficient (Wildman–Crippen LogP) is 3.62. The van der Waals surface area contributed by atoms with Gasteiger partial charge in [0.25, 0.3) is 5.91 Å². The standard InChI is InChI=1S/C13H9BrClNO3/c1-7-4-9(14)11(5-10(7)15)16-13(18)8-2-3-12(17)19-6-8/h2-6H,1H3,(H,16,18). The summed E-state index contributed by atoms with van der Waals surface area (Å²) in [5.41, 5.74) is 1.20. The molecule has 0 radical (unpaired) electrons. The molecule has 1 aromatic heterocycles. The van der Waals surface area contributed by atoms with Gasteiger partial charge in [-0.15, -0.1) is 0 Å². The van der Waals surface area contributed by atoms with Crippen molar-refractivity contribution in [2.75, 3.05) is 5.32 Å². The lowest BCUT2D eigenvalue weighted by Gasteiger charge is -2.09. The van der Waals surface area contributed by atoms with Crippen molar-refractivity contribution in [3.63, 3.8) is 0 Å². The van der Waals surface area contributed by atoms with Gasteiger partial charge in [0.2, 0.25) is 0 Å². The van der Waals surface area contributed by atoms with Gasteiger partial charge in [-0.2, -0.15) is 0 Å². The molecule has 1 heterocycles. The molecule has 1 amide bonds. The zero-order valence-corrected chi connectivity index (χ0v) is 12.2. The predicted molar refractivity (Wildman–Crippen MR) is 76.8 cm³/mol. The Kier molecular flexibility index (Phi) is 4.07. The Labute approximate surface area is 122 Å². The first kappa shape index (κ1) is 13.8. The normalized spacial score (nSPS) is 10.3. The molecule has 4 nitrogen and oxygen atoms in total. The van der Waals surface area contributed by atoms with Crippen molar-refractivity contribution in [2.45, 2.75) is 6.92 Å². The van der Waals surface area contributed by atoms with Crippen LogP contribution in [0.15, 0.2) is 44.2 Å². The number of halogens is 2. The molecule has 1 aromatic carbocycles. The largest absolute Gasteiger partial charge is 0.430 e. The van der Waals surface area contributed by atoms with E-state index in [1.54, 1.807) is 6.07 Å². The molecular formula is C13H9BrClNO3. The molecule has 98 valence electrons. The number of nitrogens with one attached hydrogen (secondary N) is 1. The van der Waals surface area contributed by atoms with E-state index in [1.165, 1.54) is 12.1 Å². The maximum Gasteiger partial charge on any atom is 0.335 e. The fourth-order valence-electron chi connectivity index (χ4n) is 1.42. The molecule has 0 saturated heterocycles. The maximum absolute atomic E-state index is 11.9. The SMILES string of the molecule is Cc1cc(Br)c(NC(=O)c2ccc(=O)oc2)cc1Cl. The summed E-state index contributed by atoms with van der Waals surface area (Å²) in [6.45, 7) is 1.87. The summed E-state index contributed by atoms with van der Waals surface area (Å²) >= 11 is 9.35. The van der Waals surface area contributed by atoms with E-state index in [2.05, 4.69) is 25.7 Å². The van der Waals surface area contributed by atoms with Gasteiger partial charge < -0.3 is 9.73 Å². The number of carbonyl (C=O) groups excluding carboxylic acids is 1. The molecule has 2 rings (SSSR count). The van der Waals surface area contributed by atoms with Crippen LogP contribution < -0.4 is 10.9 Å². The first-order valence-corrected chi connectivity index (χ1v) is 6.50. The Morgan fingerprint density at radius 3 is 2.74 bits per heavy atom. The zero-order chi connectivity index (χ0) is 14.0. The van der Waals surface area contributed by atoms with Crippen molar-refractivity contribution >= 4 is 39.1 Å². The van der Waals surface area contributed by atoms with Crippen LogP contribution in [0, 0.1) is 6.92 Å². The summed E-state index contributed by atoms with van der Waals surface area (Å²) in [7, 11) is 0. The molecule has 0 aliphatic carbocycles. The number of benzene rings is 1. The van der Waals surface area contributed by atoms with Crippen molar-refractivity contribution in [1.82, 2.24) is 0 Å². The minimum atomic E-state index is -0.504. The van der Waals surface area contributed by atoms with Crippen LogP contribution in [0.1, 0.15) is 15.9 Å². The number of amides is 1. The average molecular weight is 343 g/mol. The molecular weight excluding hydrogens is 334 g/mol. The minimum Gasteiger partial charge on any atom is -0.430 e. The van der Waals surface area contributed by atoms with E-state index < -0.39 is 5.63 Å². The van der Waals surface area contributed by atoms with E-state index in [4.69, 9.17) is 11.6 Å². The van der Waals surface area contributed by atoms with Crippen LogP contribution in [0.2, 0.25) is 5.02 Å². The summed E-state index contributed by atoms with van der Waals surface area (Å²) in [6.07, 6.45) is 1.11. The van der Waals surface area contributed by atoms with E-state index in [1.807, 2.05) is 13.0 Å². The summed E-state index contributed by atoms with van der Waals surface area (Å²) in [5.74, 6) is -0.385. The van der Waals surface area contributed by atoms with Gasteiger partial charge in [-0.3, -0.25) is 4.79 Å². The molecule has 0 saturated carbocycles. The molecule has 0 fully saturated rings. The Bertz CT molecular complexity index is 676. The summed E-state index contributed by atoms with van der Waals surface area (Å²) in [6, 6.07) is 6.04.